The van der Waals surface area contributed by atoms with Crippen LogP contribution in [0.3, 0.4) is 0 Å². The standard InChI is InChI=1S/C20H30O4/c1-20(2,3)17(12-8-9-13-18(21)23-4)14-19(22)24-15-16-10-6-5-7-11-16/h5-7,10-11,17H,8-9,12-15H2,1-4H3. The summed E-state index contributed by atoms with van der Waals surface area (Å²) in [7, 11) is 1.41. The molecule has 1 aromatic carbocycles. The number of rotatable bonds is 9. The van der Waals surface area contributed by atoms with Crippen molar-refractivity contribution in [3.05, 3.63) is 35.9 Å². The summed E-state index contributed by atoms with van der Waals surface area (Å²) in [6, 6.07) is 9.70. The summed E-state index contributed by atoms with van der Waals surface area (Å²) in [5, 5.41) is 0. The van der Waals surface area contributed by atoms with Crippen molar-refractivity contribution in [2.75, 3.05) is 7.11 Å². The number of benzene rings is 1. The van der Waals surface area contributed by atoms with Gasteiger partial charge in [0, 0.05) is 12.8 Å². The smallest absolute Gasteiger partial charge is 0.306 e. The zero-order chi connectivity index (χ0) is 18.0. The highest BCUT2D eigenvalue weighted by molar-refractivity contribution is 5.70. The molecule has 0 aliphatic carbocycles. The summed E-state index contributed by atoms with van der Waals surface area (Å²) in [6.07, 6.45) is 3.45. The maximum Gasteiger partial charge on any atom is 0.306 e. The molecule has 1 unspecified atom stereocenters. The van der Waals surface area contributed by atoms with Gasteiger partial charge in [0.15, 0.2) is 0 Å². The summed E-state index contributed by atoms with van der Waals surface area (Å²) < 4.78 is 10.1. The molecule has 0 saturated carbocycles. The molecule has 0 heterocycles. The summed E-state index contributed by atoms with van der Waals surface area (Å²) in [4.78, 5) is 23.3. The lowest BCUT2D eigenvalue weighted by atomic mass is 9.76. The third-order valence-corrected chi connectivity index (χ3v) is 4.29. The maximum absolute atomic E-state index is 12.2. The van der Waals surface area contributed by atoms with Crippen molar-refractivity contribution >= 4 is 11.9 Å². The van der Waals surface area contributed by atoms with E-state index in [0.29, 0.717) is 19.4 Å². The molecule has 1 atom stereocenters. The largest absolute Gasteiger partial charge is 0.469 e. The third-order valence-electron chi connectivity index (χ3n) is 4.29. The fourth-order valence-corrected chi connectivity index (χ4v) is 2.60. The molecule has 1 aromatic rings. The summed E-state index contributed by atoms with van der Waals surface area (Å²) in [5.41, 5.74) is 1.02. The average Bonchev–Trinajstić information content (AvgIpc) is 2.55. The van der Waals surface area contributed by atoms with E-state index < -0.39 is 0 Å². The van der Waals surface area contributed by atoms with Crippen LogP contribution in [0, 0.1) is 11.3 Å². The first-order chi connectivity index (χ1) is 11.3. The van der Waals surface area contributed by atoms with Gasteiger partial charge in [-0.2, -0.15) is 0 Å². The van der Waals surface area contributed by atoms with E-state index in [0.717, 1.165) is 24.8 Å². The molecule has 134 valence electrons. The Balaban J connectivity index is 2.41. The van der Waals surface area contributed by atoms with Crippen LogP contribution < -0.4 is 0 Å². The van der Waals surface area contributed by atoms with Gasteiger partial charge in [0.1, 0.15) is 6.61 Å². The van der Waals surface area contributed by atoms with Crippen molar-refractivity contribution in [2.45, 2.75) is 59.5 Å². The first-order valence-corrected chi connectivity index (χ1v) is 8.59. The Hall–Kier alpha value is -1.84. The minimum Gasteiger partial charge on any atom is -0.469 e. The number of esters is 2. The molecular weight excluding hydrogens is 304 g/mol. The van der Waals surface area contributed by atoms with Crippen LogP contribution in [0.4, 0.5) is 0 Å². The van der Waals surface area contributed by atoms with Crippen LogP contribution in [0.25, 0.3) is 0 Å². The lowest BCUT2D eigenvalue weighted by Crippen LogP contribution is -2.24. The van der Waals surface area contributed by atoms with E-state index in [1.165, 1.54) is 7.11 Å². The Morgan fingerprint density at radius 3 is 2.29 bits per heavy atom. The number of methoxy groups -OCH3 is 1. The van der Waals surface area contributed by atoms with Gasteiger partial charge in [-0.15, -0.1) is 0 Å². The minimum absolute atomic E-state index is 0.0248. The Morgan fingerprint density at radius 2 is 1.71 bits per heavy atom. The predicted octanol–water partition coefficient (Wildman–Crippen LogP) is 4.52. The van der Waals surface area contributed by atoms with Crippen molar-refractivity contribution in [2.24, 2.45) is 11.3 Å². The second kappa shape index (κ2) is 10.1. The predicted molar refractivity (Wildman–Crippen MR) is 94.3 cm³/mol. The fraction of sp³-hybridized carbons (Fsp3) is 0.600. The molecule has 0 saturated heterocycles. The number of hydrogen-bond acceptors (Lipinski definition) is 4. The highest BCUT2D eigenvalue weighted by Gasteiger charge is 2.27. The van der Waals surface area contributed by atoms with E-state index in [1.807, 2.05) is 30.3 Å². The van der Waals surface area contributed by atoms with Gasteiger partial charge in [0.25, 0.3) is 0 Å². The molecule has 0 spiro atoms. The summed E-state index contributed by atoms with van der Waals surface area (Å²) in [5.74, 6) is -0.102. The molecule has 0 aromatic heterocycles. The van der Waals surface area contributed by atoms with Gasteiger partial charge >= 0.3 is 11.9 Å². The Bertz CT molecular complexity index is 502. The Labute approximate surface area is 145 Å². The number of unbranched alkanes of at least 4 members (excludes halogenated alkanes) is 1. The van der Waals surface area contributed by atoms with Crippen molar-refractivity contribution in [1.82, 2.24) is 0 Å². The topological polar surface area (TPSA) is 52.6 Å². The third kappa shape index (κ3) is 8.14. The number of carbonyl (C=O) groups is 2. The van der Waals surface area contributed by atoms with Gasteiger partial charge in [-0.3, -0.25) is 9.59 Å². The van der Waals surface area contributed by atoms with Crippen LogP contribution in [-0.4, -0.2) is 19.0 Å². The van der Waals surface area contributed by atoms with Crippen LogP contribution >= 0.6 is 0 Å². The molecular formula is C20H30O4. The van der Waals surface area contributed by atoms with Crippen LogP contribution in [-0.2, 0) is 25.7 Å². The average molecular weight is 334 g/mol. The van der Waals surface area contributed by atoms with Gasteiger partial charge in [-0.05, 0) is 29.7 Å². The van der Waals surface area contributed by atoms with Gasteiger partial charge in [-0.1, -0.05) is 57.5 Å². The molecule has 0 radical (unpaired) electrons. The minimum atomic E-state index is -0.176. The molecule has 0 aliphatic rings. The van der Waals surface area contributed by atoms with Gasteiger partial charge in [0.2, 0.25) is 0 Å². The maximum atomic E-state index is 12.2. The van der Waals surface area contributed by atoms with Crippen LogP contribution in [0.1, 0.15) is 58.4 Å². The Kier molecular flexibility index (Phi) is 8.51. The zero-order valence-electron chi connectivity index (χ0n) is 15.3. The molecule has 0 amide bonds. The molecule has 0 N–H and O–H groups in total. The van der Waals surface area contributed by atoms with E-state index in [4.69, 9.17) is 4.74 Å². The molecule has 0 aliphatic heterocycles. The number of ether oxygens (including phenoxy) is 2. The lowest BCUT2D eigenvalue weighted by Gasteiger charge is -2.30. The molecule has 24 heavy (non-hydrogen) atoms. The molecule has 0 bridgehead atoms. The quantitative estimate of drug-likeness (QED) is 0.492. The first kappa shape index (κ1) is 20.2. The second-order valence-electron chi connectivity index (χ2n) is 7.24. The van der Waals surface area contributed by atoms with E-state index in [-0.39, 0.29) is 23.3 Å². The van der Waals surface area contributed by atoms with Crippen molar-refractivity contribution < 1.29 is 19.1 Å². The van der Waals surface area contributed by atoms with Gasteiger partial charge in [0.05, 0.1) is 7.11 Å². The van der Waals surface area contributed by atoms with E-state index in [2.05, 4.69) is 25.5 Å². The zero-order valence-corrected chi connectivity index (χ0v) is 15.3. The molecule has 4 heteroatoms. The molecule has 4 nitrogen and oxygen atoms in total. The van der Waals surface area contributed by atoms with Crippen molar-refractivity contribution in [1.29, 1.82) is 0 Å². The summed E-state index contributed by atoms with van der Waals surface area (Å²) >= 11 is 0. The van der Waals surface area contributed by atoms with Crippen LogP contribution in [0.5, 0.6) is 0 Å². The second-order valence-corrected chi connectivity index (χ2v) is 7.24. The van der Waals surface area contributed by atoms with Crippen molar-refractivity contribution in [3.8, 4) is 0 Å². The van der Waals surface area contributed by atoms with E-state index >= 15 is 0 Å². The normalized spacial score (nSPS) is 12.5. The molecule has 0 fully saturated rings. The van der Waals surface area contributed by atoms with E-state index in [9.17, 15) is 9.59 Å². The molecule has 1 rings (SSSR count). The monoisotopic (exact) mass is 334 g/mol. The van der Waals surface area contributed by atoms with Gasteiger partial charge in [-0.25, -0.2) is 0 Å². The van der Waals surface area contributed by atoms with Crippen molar-refractivity contribution in [3.63, 3.8) is 0 Å². The SMILES string of the molecule is COC(=O)CCCCC(CC(=O)OCc1ccccc1)C(C)(C)C. The number of hydrogen-bond donors (Lipinski definition) is 0. The summed E-state index contributed by atoms with van der Waals surface area (Å²) in [6.45, 7) is 6.74. The lowest BCUT2D eigenvalue weighted by molar-refractivity contribution is -0.147. The highest BCUT2D eigenvalue weighted by atomic mass is 16.5. The Morgan fingerprint density at radius 1 is 1.04 bits per heavy atom. The van der Waals surface area contributed by atoms with Crippen LogP contribution in [0.15, 0.2) is 30.3 Å². The van der Waals surface area contributed by atoms with Gasteiger partial charge < -0.3 is 9.47 Å². The van der Waals surface area contributed by atoms with E-state index in [1.54, 1.807) is 0 Å². The first-order valence-electron chi connectivity index (χ1n) is 8.59. The van der Waals surface area contributed by atoms with Crippen LogP contribution in [0.2, 0.25) is 0 Å². The highest BCUT2D eigenvalue weighted by Crippen LogP contribution is 2.33. The fourth-order valence-electron chi connectivity index (χ4n) is 2.60. The number of carbonyl (C=O) groups excluding carboxylic acids is 2.